The fourth-order valence-corrected chi connectivity index (χ4v) is 4.42. The molecule has 0 amide bonds. The summed E-state index contributed by atoms with van der Waals surface area (Å²) in [5.41, 5.74) is 1.87. The molecule has 0 fully saturated rings. The second-order valence-corrected chi connectivity index (χ2v) is 8.00. The lowest BCUT2D eigenvalue weighted by Gasteiger charge is -2.34. The molecule has 1 heterocycles. The summed E-state index contributed by atoms with van der Waals surface area (Å²) >= 11 is 0. The third kappa shape index (κ3) is 4.46. The Balaban J connectivity index is 1.45. The van der Waals surface area contributed by atoms with Crippen molar-refractivity contribution in [2.75, 3.05) is 6.61 Å². The van der Waals surface area contributed by atoms with Gasteiger partial charge in [-0.05, 0) is 30.9 Å². The molecular formula is C23H25F3N2O2. The van der Waals surface area contributed by atoms with Crippen molar-refractivity contribution in [3.63, 3.8) is 0 Å². The second kappa shape index (κ2) is 8.68. The van der Waals surface area contributed by atoms with E-state index in [0.29, 0.717) is 18.8 Å². The number of ether oxygens (including phenoxy) is 1. The fourth-order valence-electron chi connectivity index (χ4n) is 4.42. The number of hydrogen-bond donors (Lipinski definition) is 2. The number of nitrogens with one attached hydrogen (secondary N) is 1. The van der Waals surface area contributed by atoms with E-state index >= 15 is 0 Å². The van der Waals surface area contributed by atoms with Gasteiger partial charge in [-0.3, -0.25) is 0 Å². The van der Waals surface area contributed by atoms with Gasteiger partial charge in [-0.2, -0.15) is 18.3 Å². The zero-order valence-electron chi connectivity index (χ0n) is 16.4. The predicted octanol–water partition coefficient (Wildman–Crippen LogP) is 4.20. The molecule has 0 aromatic rings. The fraction of sp³-hybridized carbons (Fsp3) is 0.435. The summed E-state index contributed by atoms with van der Waals surface area (Å²) in [4.78, 5) is 0. The Morgan fingerprint density at radius 2 is 1.83 bits per heavy atom. The molecule has 0 bridgehead atoms. The minimum atomic E-state index is -4.52. The first-order valence-corrected chi connectivity index (χ1v) is 10.2. The third-order valence-electron chi connectivity index (χ3n) is 5.96. The molecule has 6 unspecified atom stereocenters. The van der Waals surface area contributed by atoms with Crippen LogP contribution in [0, 0.1) is 23.7 Å². The average Bonchev–Trinajstić information content (AvgIpc) is 3.19. The molecule has 0 aromatic heterocycles. The van der Waals surface area contributed by atoms with Gasteiger partial charge < -0.3 is 15.3 Å². The van der Waals surface area contributed by atoms with Crippen LogP contribution >= 0.6 is 0 Å². The van der Waals surface area contributed by atoms with Crippen molar-refractivity contribution in [1.29, 1.82) is 0 Å². The Labute approximate surface area is 173 Å². The molecule has 7 heteroatoms. The Morgan fingerprint density at radius 1 is 1.07 bits per heavy atom. The van der Waals surface area contributed by atoms with E-state index in [-0.39, 0.29) is 11.8 Å². The van der Waals surface area contributed by atoms with Gasteiger partial charge in [-0.1, -0.05) is 54.7 Å². The van der Waals surface area contributed by atoms with E-state index in [1.54, 1.807) is 30.4 Å². The van der Waals surface area contributed by atoms with Crippen molar-refractivity contribution in [3.05, 3.63) is 72.6 Å². The molecule has 2 N–H and O–H groups in total. The first kappa shape index (κ1) is 20.7. The Hall–Kier alpha value is -2.54. The van der Waals surface area contributed by atoms with Crippen molar-refractivity contribution in [2.24, 2.45) is 28.8 Å². The molecule has 3 aliphatic carbocycles. The minimum Gasteiger partial charge on any atom is -0.493 e. The van der Waals surface area contributed by atoms with Gasteiger partial charge in [0.1, 0.15) is 11.5 Å². The highest BCUT2D eigenvalue weighted by Crippen LogP contribution is 2.39. The maximum atomic E-state index is 13.6. The smallest absolute Gasteiger partial charge is 0.431 e. The van der Waals surface area contributed by atoms with E-state index in [1.807, 2.05) is 24.3 Å². The number of aliphatic hydroxyl groups excluding tert-OH is 1. The zero-order chi connectivity index (χ0) is 21.1. The van der Waals surface area contributed by atoms with Crippen molar-refractivity contribution >= 4 is 5.71 Å². The molecule has 4 aliphatic rings. The van der Waals surface area contributed by atoms with Gasteiger partial charge >= 0.3 is 6.18 Å². The van der Waals surface area contributed by atoms with Crippen LogP contribution in [0.15, 0.2) is 77.7 Å². The van der Waals surface area contributed by atoms with Crippen LogP contribution in [0.1, 0.15) is 12.8 Å². The van der Waals surface area contributed by atoms with Gasteiger partial charge in [0.2, 0.25) is 0 Å². The van der Waals surface area contributed by atoms with E-state index in [0.717, 1.165) is 6.42 Å². The molecule has 0 spiro atoms. The lowest BCUT2D eigenvalue weighted by atomic mass is 9.73. The number of aliphatic hydroxyl groups is 1. The van der Waals surface area contributed by atoms with E-state index < -0.39 is 35.9 Å². The van der Waals surface area contributed by atoms with E-state index in [4.69, 9.17) is 4.74 Å². The number of rotatable bonds is 5. The molecule has 30 heavy (non-hydrogen) atoms. The number of nitrogens with zero attached hydrogens (tertiary/aromatic N) is 1. The van der Waals surface area contributed by atoms with Crippen LogP contribution in [0.5, 0.6) is 0 Å². The molecule has 1 aliphatic heterocycles. The van der Waals surface area contributed by atoms with Crippen molar-refractivity contribution in [2.45, 2.75) is 31.2 Å². The van der Waals surface area contributed by atoms with Crippen LogP contribution < -0.4 is 5.43 Å². The normalized spacial score (nSPS) is 35.2. The van der Waals surface area contributed by atoms with Crippen LogP contribution in [0.3, 0.4) is 0 Å². The number of allylic oxidation sites excluding steroid dienone is 8. The molecule has 0 saturated heterocycles. The summed E-state index contributed by atoms with van der Waals surface area (Å²) in [6, 6.07) is -0.654. The van der Waals surface area contributed by atoms with Gasteiger partial charge in [0.15, 0.2) is 0 Å². The molecule has 4 nitrogen and oxygen atoms in total. The highest BCUT2D eigenvalue weighted by molar-refractivity contribution is 5.94. The third-order valence-corrected chi connectivity index (χ3v) is 5.96. The standard InChI is InChI=1S/C23H25F3N2O2/c24-23(25,26)22-20(16-9-5-2-6-10-16)21(27-28-22)18-12-11-17(13-19(18)29)30-14-15-7-3-1-4-8-15/h1-7,9,11-13,15-16,18-21,27,29H,8,10,14H2. The Bertz CT molecular complexity index is 851. The van der Waals surface area contributed by atoms with E-state index in [2.05, 4.69) is 22.7 Å². The van der Waals surface area contributed by atoms with Gasteiger partial charge in [0.05, 0.1) is 18.8 Å². The van der Waals surface area contributed by atoms with Crippen molar-refractivity contribution < 1.29 is 23.0 Å². The van der Waals surface area contributed by atoms with Gasteiger partial charge in [0, 0.05) is 17.8 Å². The van der Waals surface area contributed by atoms with Crippen molar-refractivity contribution in [3.8, 4) is 0 Å². The summed E-state index contributed by atoms with van der Waals surface area (Å²) < 4.78 is 46.6. The van der Waals surface area contributed by atoms with Crippen LogP contribution in [0.4, 0.5) is 13.2 Å². The van der Waals surface area contributed by atoms with Gasteiger partial charge in [0.25, 0.3) is 0 Å². The zero-order valence-corrected chi connectivity index (χ0v) is 16.4. The van der Waals surface area contributed by atoms with Crippen molar-refractivity contribution in [1.82, 2.24) is 5.43 Å². The predicted molar refractivity (Wildman–Crippen MR) is 109 cm³/mol. The largest absolute Gasteiger partial charge is 0.493 e. The number of halogens is 3. The molecule has 0 radical (unpaired) electrons. The Kier molecular flexibility index (Phi) is 5.99. The topological polar surface area (TPSA) is 53.9 Å². The number of hydrogen-bond acceptors (Lipinski definition) is 4. The lowest BCUT2D eigenvalue weighted by molar-refractivity contribution is -0.0636. The quantitative estimate of drug-likeness (QED) is 0.704. The van der Waals surface area contributed by atoms with Crippen LogP contribution in [0.2, 0.25) is 0 Å². The minimum absolute atomic E-state index is 0.272. The highest BCUT2D eigenvalue weighted by Gasteiger charge is 2.52. The molecule has 6 atom stereocenters. The Morgan fingerprint density at radius 3 is 2.47 bits per heavy atom. The molecule has 160 valence electrons. The maximum absolute atomic E-state index is 13.6. The second-order valence-electron chi connectivity index (χ2n) is 8.00. The average molecular weight is 418 g/mol. The maximum Gasteiger partial charge on any atom is 0.431 e. The summed E-state index contributed by atoms with van der Waals surface area (Å²) in [5.74, 6) is -0.931. The summed E-state index contributed by atoms with van der Waals surface area (Å²) in [7, 11) is 0. The van der Waals surface area contributed by atoms with E-state index in [1.165, 1.54) is 0 Å². The first-order chi connectivity index (χ1) is 14.4. The first-order valence-electron chi connectivity index (χ1n) is 10.2. The van der Waals surface area contributed by atoms with Crippen LogP contribution in [0.25, 0.3) is 0 Å². The molecule has 0 aromatic carbocycles. The molecule has 0 saturated carbocycles. The van der Waals surface area contributed by atoms with Crippen LogP contribution in [-0.4, -0.2) is 35.7 Å². The summed E-state index contributed by atoms with van der Waals surface area (Å²) in [6.07, 6.45) is 16.3. The highest BCUT2D eigenvalue weighted by atomic mass is 19.4. The number of hydrazone groups is 1. The molecule has 4 rings (SSSR count). The SMILES string of the molecule is OC1C=C(OCC2C=CC=CC2)C=CC1C1NN=C(C(F)(F)F)C1C1C=CC=CC1. The summed E-state index contributed by atoms with van der Waals surface area (Å²) in [6.45, 7) is 0.485. The number of alkyl halides is 3. The summed E-state index contributed by atoms with van der Waals surface area (Å²) in [5, 5.41) is 14.3. The van der Waals surface area contributed by atoms with Crippen LogP contribution in [-0.2, 0) is 4.74 Å². The monoisotopic (exact) mass is 418 g/mol. The van der Waals surface area contributed by atoms with E-state index in [9.17, 15) is 18.3 Å². The molecular weight excluding hydrogens is 393 g/mol. The van der Waals surface area contributed by atoms with Gasteiger partial charge in [-0.25, -0.2) is 0 Å². The van der Waals surface area contributed by atoms with Gasteiger partial charge in [-0.15, -0.1) is 0 Å². The lowest BCUT2D eigenvalue weighted by Crippen LogP contribution is -2.46.